The van der Waals surface area contributed by atoms with Crippen molar-refractivity contribution in [2.75, 3.05) is 25.1 Å². The zero-order valence-electron chi connectivity index (χ0n) is 9.33. The second-order valence-corrected chi connectivity index (χ2v) is 3.76. The van der Waals surface area contributed by atoms with Crippen LogP contribution in [-0.4, -0.2) is 40.7 Å². The first kappa shape index (κ1) is 11.7. The number of aromatic nitrogens is 2. The molecule has 1 aromatic heterocycles. The lowest BCUT2D eigenvalue weighted by atomic mass is 10.3. The van der Waals surface area contributed by atoms with Crippen molar-refractivity contribution < 1.29 is 4.74 Å². The maximum atomic E-state index is 8.79. The van der Waals surface area contributed by atoms with E-state index in [2.05, 4.69) is 26.4 Å². The highest BCUT2D eigenvalue weighted by Gasteiger charge is 2.20. The molecule has 2 heterocycles. The Hall–Kier alpha value is -1.75. The first-order valence-electron chi connectivity index (χ1n) is 5.33. The van der Waals surface area contributed by atoms with Crippen molar-refractivity contribution in [3.05, 3.63) is 18.1 Å². The molecule has 7 nitrogen and oxygen atoms in total. The van der Waals surface area contributed by atoms with E-state index in [9.17, 15) is 0 Å². The molecular weight excluding hydrogens is 220 g/mol. The summed E-state index contributed by atoms with van der Waals surface area (Å²) in [5, 5.41) is 8.79. The minimum Gasteiger partial charge on any atom is -0.361 e. The van der Waals surface area contributed by atoms with Gasteiger partial charge in [-0.05, 0) is 0 Å². The van der Waals surface area contributed by atoms with E-state index in [1.165, 1.54) is 0 Å². The molecule has 1 fully saturated rings. The highest BCUT2D eigenvalue weighted by Crippen LogP contribution is 2.08. The highest BCUT2D eigenvalue weighted by atomic mass is 16.5. The lowest BCUT2D eigenvalue weighted by Gasteiger charge is -2.29. The molecule has 0 aromatic carbocycles. The molecule has 0 aliphatic carbocycles. The predicted octanol–water partition coefficient (Wildman–Crippen LogP) is -0.513. The molecule has 0 amide bonds. The molecule has 7 heteroatoms. The Morgan fingerprint density at radius 1 is 1.59 bits per heavy atom. The second-order valence-electron chi connectivity index (χ2n) is 3.76. The molecule has 1 saturated heterocycles. The lowest BCUT2D eigenvalue weighted by Crippen LogP contribution is -2.41. The molecule has 0 radical (unpaired) electrons. The monoisotopic (exact) mass is 234 g/mol. The molecule has 0 saturated carbocycles. The second kappa shape index (κ2) is 5.54. The Morgan fingerprint density at radius 3 is 3.12 bits per heavy atom. The zero-order valence-corrected chi connectivity index (χ0v) is 9.33. The van der Waals surface area contributed by atoms with Gasteiger partial charge >= 0.3 is 0 Å². The molecule has 17 heavy (non-hydrogen) atoms. The first-order chi connectivity index (χ1) is 8.31. The smallest absolute Gasteiger partial charge is 0.158 e. The Bertz CT molecular complexity index is 400. The molecule has 3 N–H and O–H groups in total. The summed E-state index contributed by atoms with van der Waals surface area (Å²) in [5.74, 6) is 5.74. The van der Waals surface area contributed by atoms with Crippen molar-refractivity contribution in [3.8, 4) is 6.07 Å². The van der Waals surface area contributed by atoms with Gasteiger partial charge in [0.05, 0.1) is 30.8 Å². The summed E-state index contributed by atoms with van der Waals surface area (Å²) in [4.78, 5) is 10.4. The van der Waals surface area contributed by atoms with Gasteiger partial charge in [0, 0.05) is 19.6 Å². The third-order valence-electron chi connectivity index (χ3n) is 2.53. The molecule has 1 atom stereocenters. The zero-order chi connectivity index (χ0) is 12.1. The van der Waals surface area contributed by atoms with E-state index < -0.39 is 0 Å². The van der Waals surface area contributed by atoms with Crippen molar-refractivity contribution in [1.29, 1.82) is 5.26 Å². The van der Waals surface area contributed by atoms with E-state index in [1.807, 2.05) is 0 Å². The van der Waals surface area contributed by atoms with Gasteiger partial charge in [0.2, 0.25) is 0 Å². The Labute approximate surface area is 99.2 Å². The number of morpholine rings is 1. The quantitative estimate of drug-likeness (QED) is 0.536. The van der Waals surface area contributed by atoms with Crippen LogP contribution in [0.3, 0.4) is 0 Å². The minimum absolute atomic E-state index is 0.346. The topological polar surface area (TPSA) is 100 Å². The fourth-order valence-electron chi connectivity index (χ4n) is 1.66. The van der Waals surface area contributed by atoms with Gasteiger partial charge in [-0.1, -0.05) is 0 Å². The van der Waals surface area contributed by atoms with Gasteiger partial charge < -0.3 is 10.2 Å². The number of nitrogens with zero attached hydrogens (tertiary/aromatic N) is 4. The van der Waals surface area contributed by atoms with Crippen molar-refractivity contribution in [1.82, 2.24) is 14.9 Å². The summed E-state index contributed by atoms with van der Waals surface area (Å²) in [6.07, 6.45) is 2.91. The van der Waals surface area contributed by atoms with Gasteiger partial charge in [-0.25, -0.2) is 10.8 Å². The van der Waals surface area contributed by atoms with E-state index >= 15 is 0 Å². The number of hydrogen-bond acceptors (Lipinski definition) is 7. The van der Waals surface area contributed by atoms with Crippen LogP contribution in [0.1, 0.15) is 5.69 Å². The van der Waals surface area contributed by atoms with Gasteiger partial charge in [-0.2, -0.15) is 5.26 Å². The van der Waals surface area contributed by atoms with E-state index in [0.717, 1.165) is 12.2 Å². The van der Waals surface area contributed by atoms with Crippen molar-refractivity contribution in [2.45, 2.75) is 12.6 Å². The average molecular weight is 234 g/mol. The number of hydrogen-bond donors (Lipinski definition) is 2. The molecular formula is C10H14N6O. The fraction of sp³-hybridized carbons (Fsp3) is 0.500. The number of nitrogens with two attached hydrogens (primary N) is 1. The fourth-order valence-corrected chi connectivity index (χ4v) is 1.66. The van der Waals surface area contributed by atoms with E-state index in [1.54, 1.807) is 12.4 Å². The number of hydrazine groups is 1. The number of nitriles is 1. The maximum Gasteiger partial charge on any atom is 0.158 e. The molecule has 0 bridgehead atoms. The Balaban J connectivity index is 1.93. The largest absolute Gasteiger partial charge is 0.361 e. The highest BCUT2D eigenvalue weighted by molar-refractivity contribution is 5.28. The van der Waals surface area contributed by atoms with E-state index in [-0.39, 0.29) is 6.10 Å². The van der Waals surface area contributed by atoms with Crippen LogP contribution in [-0.2, 0) is 11.3 Å². The summed E-state index contributed by atoms with van der Waals surface area (Å²) >= 11 is 0. The van der Waals surface area contributed by atoms with Crippen molar-refractivity contribution in [2.24, 2.45) is 5.84 Å². The third kappa shape index (κ3) is 3.10. The van der Waals surface area contributed by atoms with Crippen LogP contribution in [0.2, 0.25) is 0 Å². The average Bonchev–Trinajstić information content (AvgIpc) is 2.40. The lowest BCUT2D eigenvalue weighted by molar-refractivity contribution is -0.00315. The number of rotatable bonds is 3. The molecule has 1 aliphatic rings. The summed E-state index contributed by atoms with van der Waals surface area (Å²) in [6, 6.07) is 2.11. The number of anilines is 1. The Morgan fingerprint density at radius 2 is 2.47 bits per heavy atom. The summed E-state index contributed by atoms with van der Waals surface area (Å²) in [6.45, 7) is 2.65. The van der Waals surface area contributed by atoms with Crippen molar-refractivity contribution >= 4 is 5.82 Å². The number of ether oxygens (including phenoxy) is 1. The van der Waals surface area contributed by atoms with Gasteiger partial charge in [0.1, 0.15) is 0 Å². The van der Waals surface area contributed by atoms with E-state index in [0.29, 0.717) is 25.5 Å². The number of nitrogen functional groups attached to an aromatic ring is 1. The molecule has 1 aliphatic heterocycles. The summed E-state index contributed by atoms with van der Waals surface area (Å²) in [5.41, 5.74) is 3.27. The van der Waals surface area contributed by atoms with Crippen LogP contribution in [0.4, 0.5) is 5.82 Å². The summed E-state index contributed by atoms with van der Waals surface area (Å²) in [7, 11) is 0. The first-order valence-corrected chi connectivity index (χ1v) is 5.33. The maximum absolute atomic E-state index is 8.79. The van der Waals surface area contributed by atoms with Crippen LogP contribution in [0.25, 0.3) is 0 Å². The Kier molecular flexibility index (Phi) is 3.82. The van der Waals surface area contributed by atoms with Crippen LogP contribution in [0.5, 0.6) is 0 Å². The SMILES string of the molecule is N#CC1CN(Cc2cnc(NN)cn2)CCO1. The molecule has 1 unspecified atom stereocenters. The number of nitrogens with one attached hydrogen (secondary N) is 1. The molecule has 2 rings (SSSR count). The van der Waals surface area contributed by atoms with Crippen LogP contribution in [0.15, 0.2) is 12.4 Å². The van der Waals surface area contributed by atoms with Crippen LogP contribution in [0, 0.1) is 11.3 Å². The normalized spacial score (nSPS) is 20.8. The van der Waals surface area contributed by atoms with Gasteiger partial charge in [-0.3, -0.25) is 9.88 Å². The minimum atomic E-state index is -0.346. The van der Waals surface area contributed by atoms with Gasteiger partial charge in [-0.15, -0.1) is 0 Å². The molecule has 1 aromatic rings. The molecule has 90 valence electrons. The van der Waals surface area contributed by atoms with Crippen LogP contribution >= 0.6 is 0 Å². The predicted molar refractivity (Wildman–Crippen MR) is 60.5 cm³/mol. The standard InChI is InChI=1S/C10H14N6O/c11-3-9-7-16(1-2-17-9)6-8-4-14-10(15-12)5-13-8/h4-5,9H,1-2,6-7,12H2,(H,14,15). The van der Waals surface area contributed by atoms with E-state index in [4.69, 9.17) is 15.8 Å². The van der Waals surface area contributed by atoms with Gasteiger partial charge in [0.25, 0.3) is 0 Å². The molecule has 0 spiro atoms. The van der Waals surface area contributed by atoms with Crippen molar-refractivity contribution in [3.63, 3.8) is 0 Å². The summed E-state index contributed by atoms with van der Waals surface area (Å²) < 4.78 is 5.27. The van der Waals surface area contributed by atoms with Crippen LogP contribution < -0.4 is 11.3 Å². The third-order valence-corrected chi connectivity index (χ3v) is 2.53. The van der Waals surface area contributed by atoms with Gasteiger partial charge in [0.15, 0.2) is 11.9 Å².